The summed E-state index contributed by atoms with van der Waals surface area (Å²) in [5, 5.41) is 1.52. The summed E-state index contributed by atoms with van der Waals surface area (Å²) < 4.78 is 46.6. The summed E-state index contributed by atoms with van der Waals surface area (Å²) in [6, 6.07) is 13.7. The molecule has 15 heteroatoms. The smallest absolute Gasteiger partial charge is 0.418 e. The number of nitrogens with zero attached hydrogens (tertiary/aromatic N) is 3. The number of amides is 3. The third kappa shape index (κ3) is 5.60. The predicted molar refractivity (Wildman–Crippen MR) is 163 cm³/mol. The molecule has 0 aliphatic carbocycles. The highest BCUT2D eigenvalue weighted by Gasteiger charge is 2.57. The summed E-state index contributed by atoms with van der Waals surface area (Å²) in [7, 11) is 0. The molecule has 1 N–H and O–H groups in total. The first-order valence-electron chi connectivity index (χ1n) is 13.9. The number of thioether (sulfide) groups is 1. The van der Waals surface area contributed by atoms with E-state index in [0.717, 1.165) is 44.7 Å². The van der Waals surface area contributed by atoms with Crippen molar-refractivity contribution in [1.29, 1.82) is 0 Å². The van der Waals surface area contributed by atoms with E-state index in [9.17, 15) is 37.1 Å². The van der Waals surface area contributed by atoms with Gasteiger partial charge in [-0.2, -0.15) is 13.2 Å². The van der Waals surface area contributed by atoms with Crippen molar-refractivity contribution in [3.63, 3.8) is 0 Å². The van der Waals surface area contributed by atoms with Crippen LogP contribution in [0.2, 0.25) is 0 Å². The number of esters is 1. The third-order valence-corrected chi connectivity index (χ3v) is 10.1. The van der Waals surface area contributed by atoms with Crippen molar-refractivity contribution >= 4 is 58.2 Å². The van der Waals surface area contributed by atoms with Crippen molar-refractivity contribution in [3.8, 4) is 0 Å². The number of thiazole rings is 1. The van der Waals surface area contributed by atoms with Gasteiger partial charge in [0.05, 0.1) is 40.1 Å². The monoisotopic (exact) mass is 668 g/mol. The molecule has 236 valence electrons. The summed E-state index contributed by atoms with van der Waals surface area (Å²) in [4.78, 5) is 71.4. The summed E-state index contributed by atoms with van der Waals surface area (Å²) in [5.74, 6) is -4.21. The van der Waals surface area contributed by atoms with Crippen molar-refractivity contribution in [2.45, 2.75) is 35.8 Å². The number of benzene rings is 2. The molecule has 2 aliphatic rings. The Labute approximate surface area is 267 Å². The van der Waals surface area contributed by atoms with Crippen LogP contribution in [-0.4, -0.2) is 45.1 Å². The van der Waals surface area contributed by atoms with Gasteiger partial charge in [-0.05, 0) is 55.0 Å². The molecule has 0 spiro atoms. The second kappa shape index (κ2) is 12.2. The maximum Gasteiger partial charge on any atom is 0.418 e. The molecule has 46 heavy (non-hydrogen) atoms. The average molecular weight is 669 g/mol. The van der Waals surface area contributed by atoms with Crippen LogP contribution in [0, 0.1) is 5.92 Å². The van der Waals surface area contributed by atoms with Gasteiger partial charge < -0.3 is 10.1 Å². The highest BCUT2D eigenvalue weighted by atomic mass is 32.2. The Morgan fingerprint density at radius 2 is 1.74 bits per heavy atom. The van der Waals surface area contributed by atoms with E-state index in [0.29, 0.717) is 10.4 Å². The van der Waals surface area contributed by atoms with Gasteiger partial charge in [0.15, 0.2) is 0 Å². The van der Waals surface area contributed by atoms with Crippen molar-refractivity contribution in [1.82, 2.24) is 9.55 Å². The SMILES string of the molecule is CCOC(=O)c1ccc(N2C(=O)C3Sc4c(sc(=O)n4CC(=O)Nc4ccccc4C(F)(F)F)[C@H](c4cccnc4)C3C2=O)cc1. The number of nitrogens with one attached hydrogen (secondary N) is 1. The Balaban J connectivity index is 1.35. The summed E-state index contributed by atoms with van der Waals surface area (Å²) in [6.45, 7) is 1.23. The molecule has 4 heterocycles. The number of imide groups is 1. The highest BCUT2D eigenvalue weighted by molar-refractivity contribution is 8.00. The van der Waals surface area contributed by atoms with Gasteiger partial charge in [-0.25, -0.2) is 9.69 Å². The predicted octanol–water partition coefficient (Wildman–Crippen LogP) is 4.93. The molecule has 4 aromatic rings. The average Bonchev–Trinajstić information content (AvgIpc) is 3.47. The number of carbonyl (C=O) groups excluding carboxylic acids is 4. The van der Waals surface area contributed by atoms with Crippen LogP contribution < -0.4 is 15.1 Å². The van der Waals surface area contributed by atoms with Gasteiger partial charge in [-0.3, -0.25) is 28.7 Å². The van der Waals surface area contributed by atoms with E-state index in [1.165, 1.54) is 48.8 Å². The number of ether oxygens (including phenoxy) is 1. The minimum atomic E-state index is -4.72. The van der Waals surface area contributed by atoms with Crippen LogP contribution in [0.4, 0.5) is 24.5 Å². The minimum Gasteiger partial charge on any atom is -0.462 e. The number of aromatic nitrogens is 2. The normalized spacial score (nSPS) is 19.0. The Hall–Kier alpha value is -4.76. The Kier molecular flexibility index (Phi) is 8.29. The van der Waals surface area contributed by atoms with E-state index in [4.69, 9.17) is 4.74 Å². The van der Waals surface area contributed by atoms with Gasteiger partial charge in [0, 0.05) is 23.2 Å². The fraction of sp³-hybridized carbons (Fsp3) is 0.226. The van der Waals surface area contributed by atoms with Crippen molar-refractivity contribution in [3.05, 3.63) is 104 Å². The van der Waals surface area contributed by atoms with Gasteiger partial charge in [0.25, 0.3) is 0 Å². The lowest BCUT2D eigenvalue weighted by atomic mass is 9.84. The molecular formula is C31H23F3N4O6S2. The van der Waals surface area contributed by atoms with Crippen LogP contribution in [0.25, 0.3) is 0 Å². The number of anilines is 2. The first-order valence-corrected chi connectivity index (χ1v) is 15.6. The maximum absolute atomic E-state index is 14.0. The maximum atomic E-state index is 14.0. The molecule has 2 unspecified atom stereocenters. The van der Waals surface area contributed by atoms with E-state index < -0.39 is 69.6 Å². The molecule has 0 bridgehead atoms. The van der Waals surface area contributed by atoms with Crippen molar-refractivity contribution in [2.75, 3.05) is 16.8 Å². The quantitative estimate of drug-likeness (QED) is 0.217. The number of rotatable bonds is 7. The van der Waals surface area contributed by atoms with Gasteiger partial charge in [0.1, 0.15) is 11.8 Å². The molecule has 10 nitrogen and oxygen atoms in total. The molecule has 3 atom stereocenters. The minimum absolute atomic E-state index is 0.178. The number of alkyl halides is 3. The van der Waals surface area contributed by atoms with E-state index in [2.05, 4.69) is 10.3 Å². The molecule has 2 aliphatic heterocycles. The molecule has 3 amide bonds. The van der Waals surface area contributed by atoms with Crippen LogP contribution in [0.5, 0.6) is 0 Å². The van der Waals surface area contributed by atoms with E-state index >= 15 is 0 Å². The van der Waals surface area contributed by atoms with Crippen molar-refractivity contribution < 1.29 is 37.1 Å². The first kappa shape index (κ1) is 31.2. The molecule has 2 aromatic heterocycles. The Morgan fingerprint density at radius 1 is 1.00 bits per heavy atom. The Bertz CT molecular complexity index is 1910. The molecule has 2 aromatic carbocycles. The lowest BCUT2D eigenvalue weighted by Crippen LogP contribution is -2.33. The van der Waals surface area contributed by atoms with Crippen LogP contribution in [0.15, 0.2) is 82.9 Å². The largest absolute Gasteiger partial charge is 0.462 e. The van der Waals surface area contributed by atoms with E-state index in [1.54, 1.807) is 19.1 Å². The van der Waals surface area contributed by atoms with E-state index in [1.807, 2.05) is 0 Å². The second-order valence-electron chi connectivity index (χ2n) is 10.3. The summed E-state index contributed by atoms with van der Waals surface area (Å²) in [6.07, 6.45) is -1.65. The second-order valence-corrected chi connectivity index (χ2v) is 12.4. The zero-order valence-electron chi connectivity index (χ0n) is 23.8. The molecule has 6 rings (SSSR count). The number of fused-ring (bicyclic) bond motifs is 2. The Morgan fingerprint density at radius 3 is 2.41 bits per heavy atom. The summed E-state index contributed by atoms with van der Waals surface area (Å²) in [5.41, 5.74) is -0.447. The van der Waals surface area contributed by atoms with Crippen LogP contribution in [-0.2, 0) is 31.8 Å². The van der Waals surface area contributed by atoms with Gasteiger partial charge in [0.2, 0.25) is 17.7 Å². The number of hydrogen-bond acceptors (Lipinski definition) is 9. The topological polar surface area (TPSA) is 128 Å². The molecule has 0 saturated carbocycles. The number of pyridine rings is 1. The number of halogens is 3. The standard InChI is InChI=1S/C31H23F3N4O6S2/c1-2-44-29(42)16-9-11-18(12-10-16)38-26(40)23-22(17-6-5-13-35-14-17)25-28(45-24(23)27(38)41)37(30(43)46-25)15-21(39)36-20-8-4-3-7-19(20)31(32,33)34/h3-14,22-24H,2,15H2,1H3,(H,36,39)/t22-,23?,24?/m1/s1. The fourth-order valence-electron chi connectivity index (χ4n) is 5.56. The van der Waals surface area contributed by atoms with Crippen molar-refractivity contribution in [2.24, 2.45) is 5.92 Å². The third-order valence-electron chi connectivity index (χ3n) is 7.54. The molecule has 0 radical (unpaired) electrons. The molecular weight excluding hydrogens is 645 g/mol. The first-order chi connectivity index (χ1) is 22.0. The van der Waals surface area contributed by atoms with Gasteiger partial charge >= 0.3 is 17.0 Å². The number of carbonyl (C=O) groups is 4. The van der Waals surface area contributed by atoms with Crippen LogP contribution >= 0.6 is 23.1 Å². The van der Waals surface area contributed by atoms with Crippen LogP contribution in [0.1, 0.15) is 39.2 Å². The number of para-hydroxylation sites is 1. The lowest BCUT2D eigenvalue weighted by Gasteiger charge is -2.30. The van der Waals surface area contributed by atoms with Gasteiger partial charge in [-0.15, -0.1) is 0 Å². The fourth-order valence-corrected chi connectivity index (χ4v) is 8.34. The summed E-state index contributed by atoms with van der Waals surface area (Å²) >= 11 is 1.76. The van der Waals surface area contributed by atoms with E-state index in [-0.39, 0.29) is 22.9 Å². The van der Waals surface area contributed by atoms with Crippen LogP contribution in [0.3, 0.4) is 0 Å². The molecule has 1 fully saturated rings. The molecule has 1 saturated heterocycles. The van der Waals surface area contributed by atoms with Gasteiger partial charge in [-0.1, -0.05) is 41.3 Å². The number of hydrogen-bond donors (Lipinski definition) is 1. The lowest BCUT2D eigenvalue weighted by molar-refractivity contribution is -0.137. The zero-order chi connectivity index (χ0) is 32.7. The zero-order valence-corrected chi connectivity index (χ0v) is 25.4. The highest BCUT2D eigenvalue weighted by Crippen LogP contribution is 2.53.